The van der Waals surface area contributed by atoms with Crippen LogP contribution in [-0.2, 0) is 4.74 Å². The molecule has 1 aliphatic rings. The summed E-state index contributed by atoms with van der Waals surface area (Å²) in [5.41, 5.74) is 0.343. The van der Waals surface area contributed by atoms with Crippen molar-refractivity contribution in [2.45, 2.75) is 17.8 Å². The van der Waals surface area contributed by atoms with Crippen LogP contribution in [0.4, 0.5) is 0 Å². The number of nitriles is 2. The third kappa shape index (κ3) is 1.86. The van der Waals surface area contributed by atoms with Gasteiger partial charge in [0.05, 0.1) is 0 Å². The molecule has 1 N–H and O–H groups in total. The SMILES string of the molecule is Cc1ccc(C2SC(=N)OC2(C#N)C#N)cc1. The molecule has 0 amide bonds. The Bertz CT molecular complexity index is 524. The molecule has 1 fully saturated rings. The van der Waals surface area contributed by atoms with Gasteiger partial charge in [0.25, 0.3) is 5.60 Å². The maximum absolute atomic E-state index is 9.11. The van der Waals surface area contributed by atoms with Crippen molar-refractivity contribution in [1.29, 1.82) is 15.9 Å². The molecule has 1 unspecified atom stereocenters. The minimum atomic E-state index is -1.59. The number of hydrogen-bond acceptors (Lipinski definition) is 5. The van der Waals surface area contributed by atoms with Crippen LogP contribution < -0.4 is 0 Å². The topological polar surface area (TPSA) is 80.7 Å². The quantitative estimate of drug-likeness (QED) is 0.821. The molecule has 0 aliphatic carbocycles. The number of nitrogens with zero attached hydrogens (tertiary/aromatic N) is 2. The third-order valence-corrected chi connectivity index (χ3v) is 3.70. The van der Waals surface area contributed by atoms with Crippen molar-refractivity contribution in [3.63, 3.8) is 0 Å². The molecule has 0 aromatic heterocycles. The highest BCUT2D eigenvalue weighted by atomic mass is 32.2. The summed E-state index contributed by atoms with van der Waals surface area (Å²) in [6, 6.07) is 11.3. The summed E-state index contributed by atoms with van der Waals surface area (Å²) in [5.74, 6) is 0. The Labute approximate surface area is 103 Å². The maximum atomic E-state index is 9.11. The highest BCUT2D eigenvalue weighted by molar-refractivity contribution is 8.14. The second-order valence-electron chi connectivity index (χ2n) is 3.76. The molecule has 5 heteroatoms. The average molecular weight is 243 g/mol. The van der Waals surface area contributed by atoms with E-state index in [-0.39, 0.29) is 5.23 Å². The van der Waals surface area contributed by atoms with E-state index in [1.165, 1.54) is 0 Å². The van der Waals surface area contributed by atoms with Crippen molar-refractivity contribution in [2.75, 3.05) is 0 Å². The lowest BCUT2D eigenvalue weighted by Crippen LogP contribution is -2.29. The lowest BCUT2D eigenvalue weighted by Gasteiger charge is -2.18. The molecule has 0 saturated carbocycles. The third-order valence-electron chi connectivity index (χ3n) is 2.56. The smallest absolute Gasteiger partial charge is 0.298 e. The number of nitrogens with one attached hydrogen (secondary N) is 1. The van der Waals surface area contributed by atoms with Crippen LogP contribution in [0.1, 0.15) is 16.4 Å². The van der Waals surface area contributed by atoms with Gasteiger partial charge in [0.15, 0.2) is 0 Å². The van der Waals surface area contributed by atoms with Crippen LogP contribution in [-0.4, -0.2) is 10.8 Å². The van der Waals surface area contributed by atoms with Crippen LogP contribution in [0, 0.1) is 35.0 Å². The largest absolute Gasteiger partial charge is 0.436 e. The van der Waals surface area contributed by atoms with E-state index in [1.807, 2.05) is 43.3 Å². The first kappa shape index (κ1) is 11.5. The minimum absolute atomic E-state index is 0.0846. The van der Waals surface area contributed by atoms with E-state index in [1.54, 1.807) is 0 Å². The van der Waals surface area contributed by atoms with Gasteiger partial charge in [0.1, 0.15) is 17.4 Å². The molecule has 17 heavy (non-hydrogen) atoms. The molecule has 0 radical (unpaired) electrons. The Morgan fingerprint density at radius 3 is 2.41 bits per heavy atom. The summed E-state index contributed by atoms with van der Waals surface area (Å²) in [7, 11) is 0. The van der Waals surface area contributed by atoms with Crippen molar-refractivity contribution < 1.29 is 4.74 Å². The fourth-order valence-corrected chi connectivity index (χ4v) is 2.65. The van der Waals surface area contributed by atoms with Crippen LogP contribution in [0.5, 0.6) is 0 Å². The second kappa shape index (κ2) is 4.12. The first-order valence-corrected chi connectivity index (χ1v) is 5.82. The Balaban J connectivity index is 2.45. The Kier molecular flexibility index (Phi) is 2.79. The molecule has 0 bridgehead atoms. The van der Waals surface area contributed by atoms with Gasteiger partial charge in [0, 0.05) is 0 Å². The molecule has 2 rings (SSSR count). The number of ether oxygens (including phenoxy) is 1. The molecular formula is C12H9N3OS. The molecule has 1 aliphatic heterocycles. The van der Waals surface area contributed by atoms with Gasteiger partial charge >= 0.3 is 0 Å². The van der Waals surface area contributed by atoms with E-state index < -0.39 is 10.9 Å². The maximum Gasteiger partial charge on any atom is 0.298 e. The van der Waals surface area contributed by atoms with E-state index >= 15 is 0 Å². The molecule has 1 aromatic rings. The van der Waals surface area contributed by atoms with E-state index in [4.69, 9.17) is 20.7 Å². The van der Waals surface area contributed by atoms with Crippen LogP contribution in [0.15, 0.2) is 24.3 Å². The first-order chi connectivity index (χ1) is 8.11. The molecule has 1 aromatic carbocycles. The predicted octanol–water partition coefficient (Wildman–Crippen LogP) is 2.52. The standard InChI is InChI=1S/C12H9N3OS/c1-8-2-4-9(5-3-8)10-12(6-13,7-14)16-11(15)17-10/h2-5,10,15H,1H3. The first-order valence-electron chi connectivity index (χ1n) is 4.94. The van der Waals surface area contributed by atoms with Crippen LogP contribution in [0.2, 0.25) is 0 Å². The van der Waals surface area contributed by atoms with E-state index in [0.29, 0.717) is 0 Å². The van der Waals surface area contributed by atoms with Gasteiger partial charge in [-0.1, -0.05) is 41.6 Å². The summed E-state index contributed by atoms with van der Waals surface area (Å²) in [4.78, 5) is 0. The van der Waals surface area contributed by atoms with Crippen LogP contribution >= 0.6 is 11.8 Å². The van der Waals surface area contributed by atoms with Crippen LogP contribution in [0.25, 0.3) is 0 Å². The fourth-order valence-electron chi connectivity index (χ4n) is 1.65. The number of aryl methyl sites for hydroxylation is 1. The predicted molar refractivity (Wildman–Crippen MR) is 64.3 cm³/mol. The van der Waals surface area contributed by atoms with Crippen LogP contribution in [0.3, 0.4) is 0 Å². The Hall–Kier alpha value is -1.98. The van der Waals surface area contributed by atoms with E-state index in [0.717, 1.165) is 22.9 Å². The van der Waals surface area contributed by atoms with Gasteiger partial charge in [-0.25, -0.2) is 0 Å². The van der Waals surface area contributed by atoms with Crippen molar-refractivity contribution in [1.82, 2.24) is 0 Å². The van der Waals surface area contributed by atoms with Crippen molar-refractivity contribution in [3.8, 4) is 12.1 Å². The molecule has 0 spiro atoms. The number of rotatable bonds is 1. The summed E-state index contributed by atoms with van der Waals surface area (Å²) in [6.45, 7) is 1.96. The van der Waals surface area contributed by atoms with E-state index in [9.17, 15) is 0 Å². The highest BCUT2D eigenvalue weighted by Crippen LogP contribution is 2.47. The molecule has 1 saturated heterocycles. The van der Waals surface area contributed by atoms with Gasteiger partial charge in [-0.15, -0.1) is 0 Å². The highest BCUT2D eigenvalue weighted by Gasteiger charge is 2.51. The monoisotopic (exact) mass is 243 g/mol. The minimum Gasteiger partial charge on any atom is -0.436 e. The summed E-state index contributed by atoms with van der Waals surface area (Å²) >= 11 is 1.10. The van der Waals surface area contributed by atoms with Crippen molar-refractivity contribution in [3.05, 3.63) is 35.4 Å². The zero-order chi connectivity index (χ0) is 12.5. The summed E-state index contributed by atoms with van der Waals surface area (Å²) in [5, 5.41) is 25.1. The molecule has 4 nitrogen and oxygen atoms in total. The Morgan fingerprint density at radius 1 is 1.29 bits per heavy atom. The second-order valence-corrected chi connectivity index (χ2v) is 4.84. The van der Waals surface area contributed by atoms with Gasteiger partial charge in [-0.3, -0.25) is 5.41 Å². The fraction of sp³-hybridized carbons (Fsp3) is 0.250. The molecule has 1 atom stereocenters. The van der Waals surface area contributed by atoms with Crippen molar-refractivity contribution >= 4 is 17.0 Å². The van der Waals surface area contributed by atoms with Gasteiger partial charge in [-0.05, 0) is 12.5 Å². The zero-order valence-corrected chi connectivity index (χ0v) is 9.91. The molecule has 84 valence electrons. The summed E-state index contributed by atoms with van der Waals surface area (Å²) in [6.07, 6.45) is 0. The van der Waals surface area contributed by atoms with Crippen molar-refractivity contribution in [2.24, 2.45) is 0 Å². The van der Waals surface area contributed by atoms with E-state index in [2.05, 4.69) is 0 Å². The number of thioether (sulfide) groups is 1. The van der Waals surface area contributed by atoms with Gasteiger partial charge in [-0.2, -0.15) is 10.5 Å². The Morgan fingerprint density at radius 2 is 1.88 bits per heavy atom. The lowest BCUT2D eigenvalue weighted by molar-refractivity contribution is 0.187. The number of hydrogen-bond donors (Lipinski definition) is 1. The number of benzene rings is 1. The molecule has 1 heterocycles. The molecular weight excluding hydrogens is 234 g/mol. The zero-order valence-electron chi connectivity index (χ0n) is 9.10. The van der Waals surface area contributed by atoms with Gasteiger partial charge in [0.2, 0.25) is 5.23 Å². The lowest BCUT2D eigenvalue weighted by atomic mass is 9.96. The van der Waals surface area contributed by atoms with Gasteiger partial charge < -0.3 is 4.74 Å². The average Bonchev–Trinajstić information content (AvgIpc) is 2.68. The normalized spacial score (nSPS) is 21.4. The summed E-state index contributed by atoms with van der Waals surface area (Å²) < 4.78 is 5.07.